The van der Waals surface area contributed by atoms with E-state index in [4.69, 9.17) is 9.47 Å². The monoisotopic (exact) mass is 348 g/mol. The van der Waals surface area contributed by atoms with Crippen molar-refractivity contribution in [2.75, 3.05) is 39.2 Å². The van der Waals surface area contributed by atoms with Crippen molar-refractivity contribution in [1.29, 1.82) is 0 Å². The van der Waals surface area contributed by atoms with Crippen molar-refractivity contribution in [3.05, 3.63) is 24.3 Å². The van der Waals surface area contributed by atoms with E-state index in [0.29, 0.717) is 13.2 Å². The van der Waals surface area contributed by atoms with Crippen LogP contribution in [-0.2, 0) is 9.53 Å². The van der Waals surface area contributed by atoms with E-state index in [0.717, 1.165) is 43.7 Å². The predicted octanol–water partition coefficient (Wildman–Crippen LogP) is 3.70. The van der Waals surface area contributed by atoms with Crippen LogP contribution >= 0.6 is 0 Å². The van der Waals surface area contributed by atoms with Gasteiger partial charge in [-0.2, -0.15) is 0 Å². The highest BCUT2D eigenvalue weighted by atomic mass is 16.5. The predicted molar refractivity (Wildman–Crippen MR) is 101 cm³/mol. The molecule has 1 amide bonds. The average Bonchev–Trinajstić information content (AvgIpc) is 2.83. The first-order chi connectivity index (χ1) is 12.1. The molecule has 1 N–H and O–H groups in total. The Morgan fingerprint density at radius 1 is 1.12 bits per heavy atom. The molecule has 0 spiro atoms. The lowest BCUT2D eigenvalue weighted by Gasteiger charge is -2.31. The zero-order valence-electron chi connectivity index (χ0n) is 15.8. The molecule has 0 atom stereocenters. The van der Waals surface area contributed by atoms with Crippen molar-refractivity contribution in [3.8, 4) is 5.75 Å². The third-order valence-electron chi connectivity index (χ3n) is 4.67. The second-order valence-electron chi connectivity index (χ2n) is 6.97. The molecule has 1 aliphatic rings. The van der Waals surface area contributed by atoms with Crippen LogP contribution < -0.4 is 10.1 Å². The molecule has 5 nitrogen and oxygen atoms in total. The van der Waals surface area contributed by atoms with Gasteiger partial charge < -0.3 is 19.7 Å². The maximum absolute atomic E-state index is 12.9. The van der Waals surface area contributed by atoms with Crippen molar-refractivity contribution in [3.63, 3.8) is 0 Å². The first-order valence-electron chi connectivity index (χ1n) is 9.39. The van der Waals surface area contributed by atoms with Gasteiger partial charge in [0.1, 0.15) is 18.0 Å². The van der Waals surface area contributed by atoms with Crippen molar-refractivity contribution < 1.29 is 14.3 Å². The van der Waals surface area contributed by atoms with E-state index in [9.17, 15) is 4.79 Å². The third-order valence-corrected chi connectivity index (χ3v) is 4.67. The highest BCUT2D eigenvalue weighted by Gasteiger charge is 2.39. The van der Waals surface area contributed by atoms with E-state index < -0.39 is 5.60 Å². The van der Waals surface area contributed by atoms with Crippen LogP contribution in [0.15, 0.2) is 24.3 Å². The number of amides is 1. The zero-order valence-corrected chi connectivity index (χ0v) is 15.8. The molecule has 0 radical (unpaired) electrons. The maximum Gasteiger partial charge on any atom is 0.256 e. The van der Waals surface area contributed by atoms with Crippen molar-refractivity contribution >= 4 is 11.6 Å². The zero-order chi connectivity index (χ0) is 18.1. The van der Waals surface area contributed by atoms with Gasteiger partial charge in [-0.05, 0) is 58.1 Å². The molecule has 0 unspecified atom stereocenters. The Labute approximate surface area is 151 Å². The molecule has 0 saturated heterocycles. The quantitative estimate of drug-likeness (QED) is 0.728. The summed E-state index contributed by atoms with van der Waals surface area (Å²) in [7, 11) is 4.04. The molecule has 2 rings (SSSR count). The van der Waals surface area contributed by atoms with Crippen LogP contribution in [0.25, 0.3) is 0 Å². The Morgan fingerprint density at radius 3 is 2.32 bits per heavy atom. The Balaban J connectivity index is 1.95. The Bertz CT molecular complexity index is 520. The first kappa shape index (κ1) is 19.7. The lowest BCUT2D eigenvalue weighted by Crippen LogP contribution is -2.45. The van der Waals surface area contributed by atoms with Gasteiger partial charge in [0.25, 0.3) is 5.91 Å². The fourth-order valence-electron chi connectivity index (χ4n) is 3.24. The van der Waals surface area contributed by atoms with Gasteiger partial charge in [-0.1, -0.05) is 25.7 Å². The highest BCUT2D eigenvalue weighted by Crippen LogP contribution is 2.32. The topological polar surface area (TPSA) is 50.8 Å². The van der Waals surface area contributed by atoms with Crippen LogP contribution in [-0.4, -0.2) is 50.3 Å². The summed E-state index contributed by atoms with van der Waals surface area (Å²) < 4.78 is 11.6. The number of carbonyl (C=O) groups excluding carboxylic acids is 1. The Morgan fingerprint density at radius 2 is 1.76 bits per heavy atom. The van der Waals surface area contributed by atoms with E-state index in [1.807, 2.05) is 45.3 Å². The first-order valence-corrected chi connectivity index (χ1v) is 9.39. The van der Waals surface area contributed by atoms with Crippen LogP contribution in [0.3, 0.4) is 0 Å². The van der Waals surface area contributed by atoms with E-state index in [-0.39, 0.29) is 5.91 Å². The number of nitrogens with one attached hydrogen (secondary N) is 1. The van der Waals surface area contributed by atoms with Gasteiger partial charge in [0, 0.05) is 18.8 Å². The summed E-state index contributed by atoms with van der Waals surface area (Å²) in [5.41, 5.74) is 0.111. The van der Waals surface area contributed by atoms with E-state index in [1.165, 1.54) is 12.8 Å². The molecule has 0 bridgehead atoms. The molecule has 1 aromatic rings. The minimum atomic E-state index is -0.674. The van der Waals surface area contributed by atoms with Crippen LogP contribution in [0.4, 0.5) is 5.69 Å². The van der Waals surface area contributed by atoms with Gasteiger partial charge in [-0.3, -0.25) is 4.79 Å². The van der Waals surface area contributed by atoms with Gasteiger partial charge in [0.05, 0.1) is 0 Å². The molecule has 25 heavy (non-hydrogen) atoms. The second-order valence-corrected chi connectivity index (χ2v) is 6.97. The lowest BCUT2D eigenvalue weighted by atomic mass is 9.93. The number of rotatable bonds is 8. The van der Waals surface area contributed by atoms with Gasteiger partial charge in [-0.15, -0.1) is 0 Å². The summed E-state index contributed by atoms with van der Waals surface area (Å²) in [4.78, 5) is 15.0. The second kappa shape index (κ2) is 9.78. The number of likely N-dealkylation sites (N-methyl/N-ethyl adjacent to an activating group) is 1. The number of hydrogen-bond acceptors (Lipinski definition) is 4. The van der Waals surface area contributed by atoms with Crippen LogP contribution in [0.2, 0.25) is 0 Å². The van der Waals surface area contributed by atoms with Crippen molar-refractivity contribution in [2.24, 2.45) is 0 Å². The molecule has 5 heteroatoms. The summed E-state index contributed by atoms with van der Waals surface area (Å²) in [6.45, 7) is 4.04. The molecule has 1 fully saturated rings. The SMILES string of the molecule is CCOC1(C(=O)Nc2ccc(OCCN(C)C)cc2)CCCCCC1. The maximum atomic E-state index is 12.9. The highest BCUT2D eigenvalue weighted by molar-refractivity contribution is 5.97. The number of hydrogen-bond donors (Lipinski definition) is 1. The fraction of sp³-hybridized carbons (Fsp3) is 0.650. The largest absolute Gasteiger partial charge is 0.492 e. The van der Waals surface area contributed by atoms with Gasteiger partial charge in [0.2, 0.25) is 0 Å². The molecular weight excluding hydrogens is 316 g/mol. The lowest BCUT2D eigenvalue weighted by molar-refractivity contribution is -0.143. The number of carbonyl (C=O) groups is 1. The normalized spacial score (nSPS) is 17.1. The summed E-state index contributed by atoms with van der Waals surface area (Å²) in [5.74, 6) is 0.798. The number of nitrogens with zero attached hydrogens (tertiary/aromatic N) is 1. The minimum Gasteiger partial charge on any atom is -0.492 e. The molecule has 0 aromatic heterocycles. The molecule has 1 aliphatic carbocycles. The molecule has 1 saturated carbocycles. The van der Waals surface area contributed by atoms with Gasteiger partial charge in [-0.25, -0.2) is 0 Å². The van der Waals surface area contributed by atoms with E-state index >= 15 is 0 Å². The van der Waals surface area contributed by atoms with Gasteiger partial charge in [0.15, 0.2) is 0 Å². The van der Waals surface area contributed by atoms with Gasteiger partial charge >= 0.3 is 0 Å². The molecule has 1 aromatic carbocycles. The van der Waals surface area contributed by atoms with Crippen molar-refractivity contribution in [2.45, 2.75) is 51.0 Å². The number of ether oxygens (including phenoxy) is 2. The molecule has 0 heterocycles. The minimum absolute atomic E-state index is 0.0162. The van der Waals surface area contributed by atoms with E-state index in [2.05, 4.69) is 10.2 Å². The number of benzene rings is 1. The average molecular weight is 348 g/mol. The molecule has 0 aliphatic heterocycles. The number of anilines is 1. The summed E-state index contributed by atoms with van der Waals surface area (Å²) in [6, 6.07) is 7.57. The third kappa shape index (κ3) is 6.01. The van der Waals surface area contributed by atoms with E-state index in [1.54, 1.807) is 0 Å². The fourth-order valence-corrected chi connectivity index (χ4v) is 3.24. The summed E-state index contributed by atoms with van der Waals surface area (Å²) in [5, 5.41) is 3.04. The molecule has 140 valence electrons. The van der Waals surface area contributed by atoms with Crippen LogP contribution in [0.5, 0.6) is 5.75 Å². The Hall–Kier alpha value is -1.59. The standard InChI is InChI=1S/C20H32N2O3/c1-4-25-20(13-7-5-6-8-14-20)19(23)21-17-9-11-18(12-10-17)24-16-15-22(2)3/h9-12H,4-8,13-16H2,1-3H3,(H,21,23). The smallest absolute Gasteiger partial charge is 0.256 e. The van der Waals surface area contributed by atoms with Crippen LogP contribution in [0, 0.1) is 0 Å². The Kier molecular flexibility index (Phi) is 7.72. The molecular formula is C20H32N2O3. The summed E-state index contributed by atoms with van der Waals surface area (Å²) >= 11 is 0. The summed E-state index contributed by atoms with van der Waals surface area (Å²) in [6.07, 6.45) is 6.07. The van der Waals surface area contributed by atoms with Crippen LogP contribution in [0.1, 0.15) is 45.4 Å². The van der Waals surface area contributed by atoms with Crippen molar-refractivity contribution in [1.82, 2.24) is 4.90 Å².